The highest BCUT2D eigenvalue weighted by molar-refractivity contribution is 5.96. The first-order valence-electron chi connectivity index (χ1n) is 10.3. The van der Waals surface area contributed by atoms with Gasteiger partial charge in [-0.15, -0.1) is 0 Å². The van der Waals surface area contributed by atoms with Crippen LogP contribution in [0.5, 0.6) is 0 Å². The molecule has 33 heavy (non-hydrogen) atoms. The van der Waals surface area contributed by atoms with Gasteiger partial charge >= 0.3 is 12.1 Å². The summed E-state index contributed by atoms with van der Waals surface area (Å²) >= 11 is 0. The minimum absolute atomic E-state index is 0.0186. The van der Waals surface area contributed by atoms with E-state index in [1.807, 2.05) is 43.0 Å². The second-order valence-electron chi connectivity index (χ2n) is 8.07. The molecule has 0 radical (unpaired) electrons. The number of rotatable bonds is 4. The number of pyridine rings is 1. The first-order valence-corrected chi connectivity index (χ1v) is 10.3. The van der Waals surface area contributed by atoms with Gasteiger partial charge < -0.3 is 23.9 Å². The number of carbonyl (C=O) groups excluding carboxylic acids is 1. The maximum Gasteiger partial charge on any atom is 0.490 e. The van der Waals surface area contributed by atoms with Crippen molar-refractivity contribution >= 4 is 11.9 Å². The number of carboxylic acids is 1. The number of carbonyl (C=O) groups is 2. The van der Waals surface area contributed by atoms with Crippen LogP contribution in [-0.2, 0) is 20.9 Å². The van der Waals surface area contributed by atoms with Crippen LogP contribution in [0.3, 0.4) is 0 Å². The van der Waals surface area contributed by atoms with Crippen molar-refractivity contribution in [2.75, 3.05) is 19.7 Å². The number of nitrogens with zero attached hydrogens (tertiary/aromatic N) is 2. The topological polar surface area (TPSA) is 102 Å². The van der Waals surface area contributed by atoms with Crippen LogP contribution in [0.1, 0.15) is 40.4 Å². The lowest BCUT2D eigenvalue weighted by atomic mass is 9.84. The van der Waals surface area contributed by atoms with Crippen LogP contribution in [-0.4, -0.2) is 64.4 Å². The molecule has 1 atom stereocenters. The van der Waals surface area contributed by atoms with Crippen LogP contribution in [0.25, 0.3) is 0 Å². The number of carboxylic acid groups (broad SMARTS) is 1. The third-order valence-electron chi connectivity index (χ3n) is 5.40. The summed E-state index contributed by atoms with van der Waals surface area (Å²) < 4.78 is 49.3. The summed E-state index contributed by atoms with van der Waals surface area (Å²) in [4.78, 5) is 27.7. The molecule has 4 heterocycles. The summed E-state index contributed by atoms with van der Waals surface area (Å²) in [6.45, 7) is 6.08. The van der Waals surface area contributed by atoms with E-state index in [4.69, 9.17) is 23.8 Å². The molecule has 0 aromatic carbocycles. The Morgan fingerprint density at radius 2 is 2.00 bits per heavy atom. The number of aliphatic carboxylic acids is 1. The zero-order chi connectivity index (χ0) is 24.2. The summed E-state index contributed by atoms with van der Waals surface area (Å²) in [5.74, 6) is -1.30. The molecule has 180 valence electrons. The van der Waals surface area contributed by atoms with Gasteiger partial charge in [0.05, 0.1) is 37.1 Å². The van der Waals surface area contributed by atoms with Crippen molar-refractivity contribution in [1.82, 2.24) is 9.88 Å². The van der Waals surface area contributed by atoms with E-state index in [-0.39, 0.29) is 17.6 Å². The molecule has 2 saturated heterocycles. The van der Waals surface area contributed by atoms with Gasteiger partial charge in [-0.3, -0.25) is 9.78 Å². The molecule has 2 aromatic rings. The number of likely N-dealkylation sites (tertiary alicyclic amines) is 1. The number of amides is 1. The third-order valence-corrected chi connectivity index (χ3v) is 5.40. The number of alkyl halides is 3. The Hall–Kier alpha value is -2.92. The van der Waals surface area contributed by atoms with Crippen LogP contribution in [0.15, 0.2) is 34.9 Å². The van der Waals surface area contributed by atoms with Crippen molar-refractivity contribution in [2.24, 2.45) is 0 Å². The largest absolute Gasteiger partial charge is 0.490 e. The van der Waals surface area contributed by atoms with Crippen molar-refractivity contribution in [3.63, 3.8) is 0 Å². The summed E-state index contributed by atoms with van der Waals surface area (Å²) in [7, 11) is 0. The number of furan rings is 1. The van der Waals surface area contributed by atoms with Gasteiger partial charge in [-0.05, 0) is 38.5 Å². The van der Waals surface area contributed by atoms with E-state index in [2.05, 4.69) is 4.98 Å². The lowest BCUT2D eigenvalue weighted by Gasteiger charge is -2.52. The molecule has 0 saturated carbocycles. The fraction of sp³-hybridized carbons (Fsp3) is 0.500. The Morgan fingerprint density at radius 3 is 2.55 bits per heavy atom. The van der Waals surface area contributed by atoms with Crippen molar-refractivity contribution < 1.29 is 41.8 Å². The molecule has 1 N–H and O–H groups in total. The second-order valence-corrected chi connectivity index (χ2v) is 8.07. The average Bonchev–Trinajstić information content (AvgIpc) is 3.08. The lowest BCUT2D eigenvalue weighted by Crippen LogP contribution is -2.67. The quantitative estimate of drug-likeness (QED) is 0.730. The Balaban J connectivity index is 0.000000383. The van der Waals surface area contributed by atoms with E-state index < -0.39 is 12.1 Å². The fourth-order valence-corrected chi connectivity index (χ4v) is 3.84. The summed E-state index contributed by atoms with van der Waals surface area (Å²) in [5.41, 5.74) is 1.32. The SMILES string of the molecule is Cc1cc(C(=O)N2CC3(CC(OCc4ccccn4)CCO3)C2)c(C)o1.O=C(O)C(F)(F)F. The van der Waals surface area contributed by atoms with Crippen LogP contribution < -0.4 is 0 Å². The Kier molecular flexibility index (Phi) is 7.43. The number of hydrogen-bond donors (Lipinski definition) is 1. The number of ether oxygens (including phenoxy) is 2. The van der Waals surface area contributed by atoms with Crippen LogP contribution in [0, 0.1) is 13.8 Å². The second kappa shape index (κ2) is 9.92. The van der Waals surface area contributed by atoms with Gasteiger partial charge in [0.25, 0.3) is 5.91 Å². The van der Waals surface area contributed by atoms with Gasteiger partial charge in [-0.2, -0.15) is 13.2 Å². The first-order chi connectivity index (χ1) is 15.5. The summed E-state index contributed by atoms with van der Waals surface area (Å²) in [5, 5.41) is 7.12. The highest BCUT2D eigenvalue weighted by Crippen LogP contribution is 2.36. The number of aryl methyl sites for hydroxylation is 2. The van der Waals surface area contributed by atoms with Crippen molar-refractivity contribution in [3.8, 4) is 0 Å². The van der Waals surface area contributed by atoms with E-state index in [0.717, 1.165) is 24.3 Å². The molecule has 0 aliphatic carbocycles. The van der Waals surface area contributed by atoms with Crippen molar-refractivity contribution in [3.05, 3.63) is 53.2 Å². The molecule has 8 nitrogen and oxygen atoms in total. The number of halogens is 3. The molecule has 0 bridgehead atoms. The van der Waals surface area contributed by atoms with Gasteiger partial charge in [0.2, 0.25) is 0 Å². The monoisotopic (exact) mass is 470 g/mol. The minimum atomic E-state index is -5.08. The summed E-state index contributed by atoms with van der Waals surface area (Å²) in [6, 6.07) is 7.64. The molecular formula is C22H25F3N2O6. The fourth-order valence-electron chi connectivity index (χ4n) is 3.84. The molecule has 4 rings (SSSR count). The van der Waals surface area contributed by atoms with E-state index in [1.54, 1.807) is 6.20 Å². The van der Waals surface area contributed by atoms with Gasteiger partial charge in [0.1, 0.15) is 17.1 Å². The zero-order valence-corrected chi connectivity index (χ0v) is 18.2. The third kappa shape index (κ3) is 6.32. The van der Waals surface area contributed by atoms with Gasteiger partial charge in [0, 0.05) is 19.2 Å². The first kappa shape index (κ1) is 24.7. The van der Waals surface area contributed by atoms with Crippen LogP contribution >= 0.6 is 0 Å². The molecule has 2 aromatic heterocycles. The zero-order valence-electron chi connectivity index (χ0n) is 18.2. The van der Waals surface area contributed by atoms with E-state index in [1.165, 1.54) is 0 Å². The van der Waals surface area contributed by atoms with Gasteiger partial charge in [0.15, 0.2) is 0 Å². The molecule has 1 spiro atoms. The molecule has 2 aliphatic heterocycles. The van der Waals surface area contributed by atoms with E-state index in [9.17, 15) is 18.0 Å². The predicted molar refractivity (Wildman–Crippen MR) is 109 cm³/mol. The molecule has 1 amide bonds. The lowest BCUT2D eigenvalue weighted by molar-refractivity contribution is -0.192. The maximum absolute atomic E-state index is 12.7. The average molecular weight is 470 g/mol. The Morgan fingerprint density at radius 1 is 1.30 bits per heavy atom. The maximum atomic E-state index is 12.7. The standard InChI is InChI=1S/C20H24N2O4.C2HF3O2/c1-14-9-18(15(2)26-14)19(23)22-12-20(13-22)10-17(6-8-25-20)24-11-16-5-3-4-7-21-16;3-2(4,5)1(6)7/h3-5,7,9,17H,6,8,10-13H2,1-2H3;(H,6,7). The van der Waals surface area contributed by atoms with Crippen molar-refractivity contribution in [2.45, 2.75) is 51.2 Å². The number of hydrogen-bond acceptors (Lipinski definition) is 6. The molecular weight excluding hydrogens is 445 g/mol. The molecule has 11 heteroatoms. The van der Waals surface area contributed by atoms with Crippen molar-refractivity contribution in [1.29, 1.82) is 0 Å². The normalized spacial score (nSPS) is 19.4. The summed E-state index contributed by atoms with van der Waals surface area (Å²) in [6.07, 6.45) is -1.48. The molecule has 2 aliphatic rings. The predicted octanol–water partition coefficient (Wildman–Crippen LogP) is 3.52. The van der Waals surface area contributed by atoms with E-state index in [0.29, 0.717) is 37.6 Å². The Labute approximate surface area is 188 Å². The molecule has 2 fully saturated rings. The van der Waals surface area contributed by atoms with Gasteiger partial charge in [-0.1, -0.05) is 6.07 Å². The van der Waals surface area contributed by atoms with Crippen LogP contribution in [0.4, 0.5) is 13.2 Å². The minimum Gasteiger partial charge on any atom is -0.475 e. The highest BCUT2D eigenvalue weighted by atomic mass is 19.4. The highest BCUT2D eigenvalue weighted by Gasteiger charge is 2.50. The van der Waals surface area contributed by atoms with Gasteiger partial charge in [-0.25, -0.2) is 4.79 Å². The molecule has 1 unspecified atom stereocenters. The number of aromatic nitrogens is 1. The van der Waals surface area contributed by atoms with E-state index >= 15 is 0 Å². The van der Waals surface area contributed by atoms with Crippen LogP contribution in [0.2, 0.25) is 0 Å². The Bertz CT molecular complexity index is 970. The smallest absolute Gasteiger partial charge is 0.475 e.